The number of amides is 2. The number of hydrogen-bond donors (Lipinski definition) is 2. The van der Waals surface area contributed by atoms with Crippen molar-refractivity contribution in [3.8, 4) is 16.2 Å². The summed E-state index contributed by atoms with van der Waals surface area (Å²) in [5.74, 6) is -0.205. The summed E-state index contributed by atoms with van der Waals surface area (Å²) in [5, 5.41) is 2.80. The third-order valence-electron chi connectivity index (χ3n) is 3.84. The molecule has 2 amide bonds. The van der Waals surface area contributed by atoms with Crippen LogP contribution in [0.3, 0.4) is 0 Å². The quantitative estimate of drug-likeness (QED) is 0.560. The predicted molar refractivity (Wildman–Crippen MR) is 113 cm³/mol. The molecule has 0 aliphatic carbocycles. The van der Waals surface area contributed by atoms with Gasteiger partial charge in [-0.1, -0.05) is 42.5 Å². The van der Waals surface area contributed by atoms with Crippen molar-refractivity contribution in [1.29, 1.82) is 0 Å². The van der Waals surface area contributed by atoms with E-state index in [0.29, 0.717) is 11.4 Å². The van der Waals surface area contributed by atoms with Gasteiger partial charge in [0, 0.05) is 15.8 Å². The Morgan fingerprint density at radius 1 is 1.00 bits per heavy atom. The van der Waals surface area contributed by atoms with Gasteiger partial charge in [-0.05, 0) is 35.9 Å². The lowest BCUT2D eigenvalue weighted by Gasteiger charge is -2.10. The fourth-order valence-corrected chi connectivity index (χ4v) is 3.41. The molecule has 0 saturated heterocycles. The van der Waals surface area contributed by atoms with Crippen LogP contribution >= 0.6 is 11.3 Å². The Morgan fingerprint density at radius 3 is 2.54 bits per heavy atom. The average molecular weight is 392 g/mol. The second-order valence-corrected chi connectivity index (χ2v) is 7.07. The highest BCUT2D eigenvalue weighted by Crippen LogP contribution is 2.28. The van der Waals surface area contributed by atoms with Crippen LogP contribution in [0.2, 0.25) is 0 Å². The van der Waals surface area contributed by atoms with E-state index in [0.717, 1.165) is 15.3 Å². The van der Waals surface area contributed by atoms with E-state index in [-0.39, 0.29) is 18.9 Å². The number of hydrogen-bond acceptors (Lipinski definition) is 4. The van der Waals surface area contributed by atoms with Gasteiger partial charge in [0.05, 0.1) is 18.7 Å². The van der Waals surface area contributed by atoms with Gasteiger partial charge in [0.25, 0.3) is 0 Å². The average Bonchev–Trinajstić information content (AvgIpc) is 3.17. The van der Waals surface area contributed by atoms with Crippen LogP contribution in [0.25, 0.3) is 16.5 Å². The van der Waals surface area contributed by atoms with Crippen molar-refractivity contribution in [2.45, 2.75) is 6.42 Å². The molecule has 28 heavy (non-hydrogen) atoms. The summed E-state index contributed by atoms with van der Waals surface area (Å²) in [4.78, 5) is 25.2. The van der Waals surface area contributed by atoms with Gasteiger partial charge in [0.15, 0.2) is 0 Å². The van der Waals surface area contributed by atoms with Crippen molar-refractivity contribution < 1.29 is 14.3 Å². The number of nitrogens with one attached hydrogen (secondary N) is 1. The third kappa shape index (κ3) is 5.56. The Morgan fingerprint density at radius 2 is 1.75 bits per heavy atom. The Kier molecular flexibility index (Phi) is 6.59. The Balaban J connectivity index is 1.61. The maximum absolute atomic E-state index is 12.3. The van der Waals surface area contributed by atoms with E-state index < -0.39 is 5.91 Å². The van der Waals surface area contributed by atoms with Crippen molar-refractivity contribution in [3.63, 3.8) is 0 Å². The molecule has 5 nitrogen and oxygen atoms in total. The van der Waals surface area contributed by atoms with Gasteiger partial charge in [-0.2, -0.15) is 0 Å². The largest absolute Gasteiger partial charge is 0.491 e. The normalized spacial score (nSPS) is 10.7. The Bertz CT molecular complexity index is 980. The molecule has 0 unspecified atom stereocenters. The summed E-state index contributed by atoms with van der Waals surface area (Å²) >= 11 is 1.62. The summed E-state index contributed by atoms with van der Waals surface area (Å²) in [6.45, 7) is 0.162. The van der Waals surface area contributed by atoms with Crippen molar-refractivity contribution >= 4 is 34.9 Å². The zero-order chi connectivity index (χ0) is 19.8. The second-order valence-electron chi connectivity index (χ2n) is 5.95. The highest BCUT2D eigenvalue weighted by Gasteiger charge is 2.07. The van der Waals surface area contributed by atoms with Gasteiger partial charge < -0.3 is 15.8 Å². The highest BCUT2D eigenvalue weighted by atomic mass is 32.1. The minimum atomic E-state index is -0.435. The Labute approximate surface area is 167 Å². The van der Waals surface area contributed by atoms with Gasteiger partial charge in [0.2, 0.25) is 11.8 Å². The number of rotatable bonds is 8. The topological polar surface area (TPSA) is 81.4 Å². The number of carbonyl (C=O) groups excluding carboxylic acids is 2. The molecule has 6 heteroatoms. The lowest BCUT2D eigenvalue weighted by molar-refractivity contribution is -0.118. The fourth-order valence-electron chi connectivity index (χ4n) is 2.49. The van der Waals surface area contributed by atoms with E-state index in [1.54, 1.807) is 41.7 Å². The van der Waals surface area contributed by atoms with Gasteiger partial charge in [-0.3, -0.25) is 9.59 Å². The molecule has 3 aromatic rings. The first kappa shape index (κ1) is 19.4. The smallest absolute Gasteiger partial charge is 0.248 e. The second kappa shape index (κ2) is 9.53. The minimum Gasteiger partial charge on any atom is -0.491 e. The van der Waals surface area contributed by atoms with Crippen LogP contribution in [0.4, 0.5) is 5.69 Å². The first-order valence-electron chi connectivity index (χ1n) is 8.76. The molecular formula is C22H20N2O3S. The molecular weight excluding hydrogens is 372 g/mol. The number of para-hydroxylation sites is 2. The lowest BCUT2D eigenvalue weighted by Crippen LogP contribution is -2.15. The number of ether oxygens (including phenoxy) is 1. The highest BCUT2D eigenvalue weighted by molar-refractivity contribution is 7.16. The number of nitrogens with two attached hydrogens (primary N) is 1. The number of benzene rings is 2. The van der Waals surface area contributed by atoms with Gasteiger partial charge in [0.1, 0.15) is 5.75 Å². The van der Waals surface area contributed by atoms with E-state index in [9.17, 15) is 9.59 Å². The minimum absolute atomic E-state index is 0.115. The van der Waals surface area contributed by atoms with E-state index >= 15 is 0 Å². The number of carbonyl (C=O) groups is 2. The van der Waals surface area contributed by atoms with Crippen molar-refractivity contribution in [1.82, 2.24) is 0 Å². The predicted octanol–water partition coefficient (Wildman–Crippen LogP) is 4.32. The molecule has 0 bridgehead atoms. The van der Waals surface area contributed by atoms with Crippen LogP contribution in [0, 0.1) is 0 Å². The molecule has 3 rings (SSSR count). The maximum atomic E-state index is 12.3. The number of anilines is 1. The van der Waals surface area contributed by atoms with E-state index in [1.165, 1.54) is 6.08 Å². The summed E-state index contributed by atoms with van der Waals surface area (Å²) < 4.78 is 5.53. The van der Waals surface area contributed by atoms with Crippen molar-refractivity contribution in [3.05, 3.63) is 77.7 Å². The van der Waals surface area contributed by atoms with Crippen molar-refractivity contribution in [2.24, 2.45) is 5.73 Å². The maximum Gasteiger partial charge on any atom is 0.248 e. The number of primary amides is 1. The third-order valence-corrected chi connectivity index (χ3v) is 4.93. The van der Waals surface area contributed by atoms with Gasteiger partial charge in [-0.15, -0.1) is 11.3 Å². The summed E-state index contributed by atoms with van der Waals surface area (Å²) in [7, 11) is 0. The van der Waals surface area contributed by atoms with Crippen LogP contribution in [0.5, 0.6) is 5.75 Å². The number of thiophene rings is 1. The lowest BCUT2D eigenvalue weighted by atomic mass is 10.2. The van der Waals surface area contributed by atoms with Crippen LogP contribution in [-0.2, 0) is 9.59 Å². The molecule has 142 valence electrons. The molecule has 0 radical (unpaired) electrons. The summed E-state index contributed by atoms with van der Waals surface area (Å²) in [5.41, 5.74) is 6.80. The standard InChI is InChI=1S/C22H20N2O3S/c23-21(25)14-15-27-19-9-5-4-8-18(19)24-22(26)13-11-17-10-12-20(28-17)16-6-2-1-3-7-16/h1-13H,14-15H2,(H2,23,25)(H,24,26)/b13-11+. The van der Waals surface area contributed by atoms with Crippen LogP contribution < -0.4 is 15.8 Å². The SMILES string of the molecule is NC(=O)CCOc1ccccc1NC(=O)/C=C/c1ccc(-c2ccccc2)s1. The molecule has 0 atom stereocenters. The monoisotopic (exact) mass is 392 g/mol. The van der Waals surface area contributed by atoms with Gasteiger partial charge >= 0.3 is 0 Å². The molecule has 1 heterocycles. The van der Waals surface area contributed by atoms with Crippen LogP contribution in [-0.4, -0.2) is 18.4 Å². The molecule has 2 aromatic carbocycles. The molecule has 0 aliphatic heterocycles. The first-order valence-corrected chi connectivity index (χ1v) is 9.58. The Hall–Kier alpha value is -3.38. The summed E-state index contributed by atoms with van der Waals surface area (Å²) in [6, 6.07) is 21.2. The summed E-state index contributed by atoms with van der Waals surface area (Å²) in [6.07, 6.45) is 3.38. The van der Waals surface area contributed by atoms with Gasteiger partial charge in [-0.25, -0.2) is 0 Å². The molecule has 0 fully saturated rings. The fraction of sp³-hybridized carbons (Fsp3) is 0.0909. The zero-order valence-electron chi connectivity index (χ0n) is 15.1. The molecule has 1 aromatic heterocycles. The first-order chi connectivity index (χ1) is 13.6. The van der Waals surface area contributed by atoms with E-state index in [2.05, 4.69) is 17.4 Å². The van der Waals surface area contributed by atoms with Crippen molar-refractivity contribution in [2.75, 3.05) is 11.9 Å². The molecule has 0 saturated carbocycles. The van der Waals surface area contributed by atoms with Crippen LogP contribution in [0.1, 0.15) is 11.3 Å². The van der Waals surface area contributed by atoms with Crippen LogP contribution in [0.15, 0.2) is 72.8 Å². The van der Waals surface area contributed by atoms with E-state index in [1.807, 2.05) is 30.3 Å². The van der Waals surface area contributed by atoms with E-state index in [4.69, 9.17) is 10.5 Å². The molecule has 3 N–H and O–H groups in total. The molecule has 0 aliphatic rings. The zero-order valence-corrected chi connectivity index (χ0v) is 15.9. The molecule has 0 spiro atoms.